The van der Waals surface area contributed by atoms with E-state index in [1.165, 1.54) is 13.8 Å². The van der Waals surface area contributed by atoms with E-state index in [1.54, 1.807) is 0 Å². The zero-order valence-electron chi connectivity index (χ0n) is 8.46. The van der Waals surface area contributed by atoms with Gasteiger partial charge in [-0.25, -0.2) is 0 Å². The van der Waals surface area contributed by atoms with Crippen molar-refractivity contribution in [2.75, 3.05) is 0 Å². The van der Waals surface area contributed by atoms with Crippen LogP contribution in [-0.4, -0.2) is 13.0 Å². The quantitative estimate of drug-likeness (QED) is 0.783. The van der Waals surface area contributed by atoms with Crippen LogP contribution in [0.4, 0.5) is 13.2 Å². The highest BCUT2D eigenvalue weighted by atomic mass is 32.2. The van der Waals surface area contributed by atoms with Crippen molar-refractivity contribution < 1.29 is 26.1 Å². The van der Waals surface area contributed by atoms with Gasteiger partial charge >= 0.3 is 6.18 Å². The monoisotopic (exact) mass is 254 g/mol. The molecule has 1 N–H and O–H groups in total. The first-order valence-corrected chi connectivity index (χ1v) is 5.63. The molecule has 0 aliphatic heterocycles. The summed E-state index contributed by atoms with van der Waals surface area (Å²) in [6.07, 6.45) is -4.53. The highest BCUT2D eigenvalue weighted by Crippen LogP contribution is 2.33. The summed E-state index contributed by atoms with van der Waals surface area (Å²) in [7, 11) is -4.49. The second-order valence-electron chi connectivity index (χ2n) is 3.41. The van der Waals surface area contributed by atoms with Gasteiger partial charge in [-0.15, -0.1) is 0 Å². The Labute approximate surface area is 90.7 Å². The number of hydrogen-bond donors (Lipinski definition) is 1. The van der Waals surface area contributed by atoms with E-state index in [0.29, 0.717) is 12.1 Å². The van der Waals surface area contributed by atoms with Crippen LogP contribution in [0.3, 0.4) is 0 Å². The van der Waals surface area contributed by atoms with Gasteiger partial charge in [-0.1, -0.05) is 0 Å². The van der Waals surface area contributed by atoms with E-state index >= 15 is 0 Å². The van der Waals surface area contributed by atoms with E-state index in [4.69, 9.17) is 4.55 Å². The number of halogens is 3. The first kappa shape index (κ1) is 13.0. The first-order valence-electron chi connectivity index (χ1n) is 4.19. The summed E-state index contributed by atoms with van der Waals surface area (Å²) in [6, 6.07) is 1.38. The molecule has 1 aromatic carbocycles. The Morgan fingerprint density at radius 2 is 1.50 bits per heavy atom. The van der Waals surface area contributed by atoms with Crippen molar-refractivity contribution in [3.63, 3.8) is 0 Å². The molecule has 1 rings (SSSR count). The molecular weight excluding hydrogens is 245 g/mol. The summed E-state index contributed by atoms with van der Waals surface area (Å²) in [6.45, 7) is 2.40. The summed E-state index contributed by atoms with van der Waals surface area (Å²) in [4.78, 5) is -0.472. The molecule has 0 radical (unpaired) electrons. The zero-order valence-corrected chi connectivity index (χ0v) is 9.28. The second kappa shape index (κ2) is 3.74. The number of rotatable bonds is 1. The number of aryl methyl sites for hydroxylation is 2. The first-order chi connectivity index (χ1) is 7.03. The molecule has 16 heavy (non-hydrogen) atoms. The minimum atomic E-state index is -4.53. The van der Waals surface area contributed by atoms with E-state index in [-0.39, 0.29) is 11.1 Å². The van der Waals surface area contributed by atoms with Gasteiger partial charge in [0, 0.05) is 0 Å². The fraction of sp³-hybridized carbons (Fsp3) is 0.333. The molecule has 0 saturated heterocycles. The molecule has 0 heterocycles. The minimum Gasteiger partial charge on any atom is -0.282 e. The molecule has 0 spiro atoms. The summed E-state index contributed by atoms with van der Waals surface area (Å²) in [5, 5.41) is 0. The molecule has 3 nitrogen and oxygen atoms in total. The van der Waals surface area contributed by atoms with Gasteiger partial charge in [0.05, 0.1) is 10.5 Å². The van der Waals surface area contributed by atoms with E-state index < -0.39 is 26.8 Å². The molecule has 1 aromatic rings. The molecule has 0 aliphatic rings. The second-order valence-corrected chi connectivity index (χ2v) is 4.77. The molecule has 7 heteroatoms. The lowest BCUT2D eigenvalue weighted by atomic mass is 10.1. The van der Waals surface area contributed by atoms with Crippen molar-refractivity contribution in [3.8, 4) is 0 Å². The zero-order chi connectivity index (χ0) is 12.7. The third-order valence-corrected chi connectivity index (χ3v) is 3.21. The molecule has 0 aromatic heterocycles. The molecule has 0 bridgehead atoms. The van der Waals surface area contributed by atoms with E-state index in [0.717, 1.165) is 0 Å². The lowest BCUT2D eigenvalue weighted by Gasteiger charge is -2.12. The minimum absolute atomic E-state index is 0.130. The van der Waals surface area contributed by atoms with E-state index in [2.05, 4.69) is 0 Å². The maximum atomic E-state index is 12.4. The van der Waals surface area contributed by atoms with E-state index in [1.807, 2.05) is 0 Å². The lowest BCUT2D eigenvalue weighted by Crippen LogP contribution is -2.10. The maximum absolute atomic E-state index is 12.4. The van der Waals surface area contributed by atoms with Crippen LogP contribution >= 0.6 is 0 Å². The third kappa shape index (κ3) is 2.53. The van der Waals surface area contributed by atoms with Crippen molar-refractivity contribution in [1.82, 2.24) is 0 Å². The van der Waals surface area contributed by atoms with Gasteiger partial charge in [-0.05, 0) is 37.1 Å². The van der Waals surface area contributed by atoms with Crippen LogP contribution < -0.4 is 0 Å². The Morgan fingerprint density at radius 1 is 1.12 bits per heavy atom. The summed E-state index contributed by atoms with van der Waals surface area (Å²) >= 11 is 0. The average Bonchev–Trinajstić information content (AvgIpc) is 1.97. The van der Waals surface area contributed by atoms with Crippen LogP contribution in [0.15, 0.2) is 17.0 Å². The highest BCUT2D eigenvalue weighted by Gasteiger charge is 2.32. The Balaban J connectivity index is 3.53. The van der Waals surface area contributed by atoms with Crippen molar-refractivity contribution in [2.45, 2.75) is 24.9 Å². The average molecular weight is 254 g/mol. The summed E-state index contributed by atoms with van der Waals surface area (Å²) in [5.41, 5.74) is -1.19. The molecule has 0 unspecified atom stereocenters. The van der Waals surface area contributed by atoms with Gasteiger partial charge in [0.2, 0.25) is 0 Å². The molecule has 0 amide bonds. The van der Waals surface area contributed by atoms with Gasteiger partial charge < -0.3 is 0 Å². The SMILES string of the molecule is Cc1cc(C(F)(F)F)cc(C)c1S(=O)(=O)O. The van der Waals surface area contributed by atoms with Gasteiger partial charge in [0.1, 0.15) is 0 Å². The number of alkyl halides is 3. The number of benzene rings is 1. The fourth-order valence-corrected chi connectivity index (χ4v) is 2.45. The molecular formula is C9H9F3O3S. The maximum Gasteiger partial charge on any atom is 0.416 e. The molecule has 0 aliphatic carbocycles. The van der Waals surface area contributed by atoms with Crippen molar-refractivity contribution >= 4 is 10.1 Å². The topological polar surface area (TPSA) is 54.4 Å². The summed E-state index contributed by atoms with van der Waals surface area (Å²) in [5.74, 6) is 0. The fourth-order valence-electron chi connectivity index (χ4n) is 1.52. The van der Waals surface area contributed by atoms with Crippen molar-refractivity contribution in [2.24, 2.45) is 0 Å². The number of hydrogen-bond acceptors (Lipinski definition) is 2. The predicted octanol–water partition coefficient (Wildman–Crippen LogP) is 2.57. The Bertz CT molecular complexity index is 494. The largest absolute Gasteiger partial charge is 0.416 e. The van der Waals surface area contributed by atoms with Crippen LogP contribution in [0.5, 0.6) is 0 Å². The summed E-state index contributed by atoms with van der Waals surface area (Å²) < 4.78 is 67.7. The molecule has 0 saturated carbocycles. The lowest BCUT2D eigenvalue weighted by molar-refractivity contribution is -0.137. The molecule has 0 atom stereocenters. The Morgan fingerprint density at radius 3 is 1.75 bits per heavy atom. The van der Waals surface area contributed by atoms with E-state index in [9.17, 15) is 21.6 Å². The van der Waals surface area contributed by atoms with Gasteiger partial charge in [0.15, 0.2) is 0 Å². The van der Waals surface area contributed by atoms with Gasteiger partial charge in [-0.2, -0.15) is 21.6 Å². The highest BCUT2D eigenvalue weighted by molar-refractivity contribution is 7.86. The third-order valence-electron chi connectivity index (χ3n) is 2.05. The molecule has 0 fully saturated rings. The van der Waals surface area contributed by atoms with Gasteiger partial charge in [0.25, 0.3) is 10.1 Å². The van der Waals surface area contributed by atoms with Crippen LogP contribution in [0.2, 0.25) is 0 Å². The smallest absolute Gasteiger partial charge is 0.282 e. The van der Waals surface area contributed by atoms with Gasteiger partial charge in [-0.3, -0.25) is 4.55 Å². The normalized spacial score (nSPS) is 12.9. The standard InChI is InChI=1S/C9H9F3O3S/c1-5-3-7(9(10,11)12)4-6(2)8(5)16(13,14)15/h3-4H,1-2H3,(H,13,14,15). The van der Waals surface area contributed by atoms with Crippen molar-refractivity contribution in [1.29, 1.82) is 0 Å². The molecule has 90 valence electrons. The van der Waals surface area contributed by atoms with Crippen LogP contribution in [0.1, 0.15) is 16.7 Å². The van der Waals surface area contributed by atoms with Crippen LogP contribution in [-0.2, 0) is 16.3 Å². The predicted molar refractivity (Wildman–Crippen MR) is 50.7 cm³/mol. The Hall–Kier alpha value is -1.08. The van der Waals surface area contributed by atoms with Crippen LogP contribution in [0.25, 0.3) is 0 Å². The van der Waals surface area contributed by atoms with Crippen molar-refractivity contribution in [3.05, 3.63) is 28.8 Å². The van der Waals surface area contributed by atoms with Crippen LogP contribution in [0, 0.1) is 13.8 Å². The Kier molecular flexibility index (Phi) is 3.04.